The van der Waals surface area contributed by atoms with E-state index >= 15 is 0 Å². The minimum absolute atomic E-state index is 0. The minimum Gasteiger partial charge on any atom is -0.329 e. The number of hydrogen-bond acceptors (Lipinski definition) is 4. The van der Waals surface area contributed by atoms with Gasteiger partial charge in [-0.05, 0) is 32.6 Å². The van der Waals surface area contributed by atoms with Crippen LogP contribution in [0, 0.1) is 19.8 Å². The molecule has 18 heavy (non-hydrogen) atoms. The second-order valence-electron chi connectivity index (χ2n) is 4.56. The maximum atomic E-state index is 12.2. The molecule has 104 valence electrons. The summed E-state index contributed by atoms with van der Waals surface area (Å²) in [6.45, 7) is 3.70. The Bertz CT molecular complexity index is 490. The summed E-state index contributed by atoms with van der Waals surface area (Å²) < 4.78 is 27.1. The van der Waals surface area contributed by atoms with Crippen LogP contribution in [0.5, 0.6) is 0 Å². The Morgan fingerprint density at radius 2 is 2.11 bits per heavy atom. The quantitative estimate of drug-likeness (QED) is 0.734. The van der Waals surface area contributed by atoms with E-state index in [9.17, 15) is 8.42 Å². The molecule has 2 rings (SSSR count). The van der Waals surface area contributed by atoms with Crippen LogP contribution in [0.3, 0.4) is 0 Å². The van der Waals surface area contributed by atoms with Gasteiger partial charge in [-0.15, -0.1) is 12.4 Å². The summed E-state index contributed by atoms with van der Waals surface area (Å²) in [6, 6.07) is -0.159. The molecule has 8 heteroatoms. The van der Waals surface area contributed by atoms with E-state index in [1.807, 2.05) is 0 Å². The van der Waals surface area contributed by atoms with Gasteiger partial charge in [-0.25, -0.2) is 13.1 Å². The SMILES string of the molecule is Cc1n[nH]c(C)c1S(=O)(=O)NC(CN)C1CC1.Cl. The molecule has 1 heterocycles. The molecule has 0 amide bonds. The van der Waals surface area contributed by atoms with Crippen LogP contribution in [0.25, 0.3) is 0 Å². The van der Waals surface area contributed by atoms with Crippen LogP contribution in [0.15, 0.2) is 4.90 Å². The molecule has 0 bridgehead atoms. The lowest BCUT2D eigenvalue weighted by Gasteiger charge is -2.16. The zero-order valence-corrected chi connectivity index (χ0v) is 12.1. The highest BCUT2D eigenvalue weighted by Gasteiger charge is 2.34. The number of sulfonamides is 1. The summed E-state index contributed by atoms with van der Waals surface area (Å²) in [5.41, 5.74) is 6.64. The van der Waals surface area contributed by atoms with Crippen LogP contribution in [0.1, 0.15) is 24.2 Å². The molecule has 0 radical (unpaired) electrons. The van der Waals surface area contributed by atoms with Gasteiger partial charge in [0, 0.05) is 12.6 Å². The molecule has 0 aliphatic heterocycles. The maximum Gasteiger partial charge on any atom is 0.244 e. The van der Waals surface area contributed by atoms with Gasteiger partial charge in [0.1, 0.15) is 4.90 Å². The Balaban J connectivity index is 0.00000162. The molecule has 0 aromatic carbocycles. The van der Waals surface area contributed by atoms with Gasteiger partial charge in [-0.1, -0.05) is 0 Å². The third-order valence-corrected chi connectivity index (χ3v) is 4.83. The van der Waals surface area contributed by atoms with Crippen molar-refractivity contribution < 1.29 is 8.42 Å². The average molecular weight is 295 g/mol. The van der Waals surface area contributed by atoms with Crippen molar-refractivity contribution in [1.29, 1.82) is 0 Å². The Morgan fingerprint density at radius 1 is 1.50 bits per heavy atom. The van der Waals surface area contributed by atoms with Crippen molar-refractivity contribution in [2.75, 3.05) is 6.54 Å². The van der Waals surface area contributed by atoms with Crippen LogP contribution >= 0.6 is 12.4 Å². The largest absolute Gasteiger partial charge is 0.329 e. The minimum atomic E-state index is -3.52. The number of H-pyrrole nitrogens is 1. The number of hydrogen-bond donors (Lipinski definition) is 3. The monoisotopic (exact) mass is 294 g/mol. The van der Waals surface area contributed by atoms with E-state index in [4.69, 9.17) is 5.73 Å². The Kier molecular flexibility index (Phi) is 4.77. The van der Waals surface area contributed by atoms with E-state index in [-0.39, 0.29) is 23.3 Å². The lowest BCUT2D eigenvalue weighted by molar-refractivity contribution is 0.518. The van der Waals surface area contributed by atoms with E-state index in [0.29, 0.717) is 23.9 Å². The number of halogens is 1. The standard InChI is InChI=1S/C10H18N4O2S.ClH/c1-6-10(7(2)13-12-6)17(15,16)14-9(5-11)8-3-4-8;/h8-9,14H,3-5,11H2,1-2H3,(H,12,13);1H. The maximum absolute atomic E-state index is 12.2. The number of nitrogens with one attached hydrogen (secondary N) is 2. The molecule has 1 aliphatic rings. The molecule has 1 aliphatic carbocycles. The topological polar surface area (TPSA) is 101 Å². The zero-order valence-electron chi connectivity index (χ0n) is 10.4. The summed E-state index contributed by atoms with van der Waals surface area (Å²) in [5, 5.41) is 6.58. The molecule has 0 saturated heterocycles. The highest BCUT2D eigenvalue weighted by atomic mass is 35.5. The molecular weight excluding hydrogens is 276 g/mol. The van der Waals surface area contributed by atoms with Gasteiger partial charge in [-0.3, -0.25) is 5.10 Å². The summed E-state index contributed by atoms with van der Waals surface area (Å²) in [6.07, 6.45) is 2.10. The first-order valence-electron chi connectivity index (χ1n) is 5.69. The molecule has 1 atom stereocenters. The van der Waals surface area contributed by atoms with Crippen molar-refractivity contribution in [3.05, 3.63) is 11.4 Å². The first-order valence-corrected chi connectivity index (χ1v) is 7.18. The van der Waals surface area contributed by atoms with Gasteiger partial charge in [0.2, 0.25) is 10.0 Å². The third-order valence-electron chi connectivity index (χ3n) is 3.08. The third kappa shape index (κ3) is 3.03. The van der Waals surface area contributed by atoms with Crippen molar-refractivity contribution in [2.24, 2.45) is 11.7 Å². The fourth-order valence-electron chi connectivity index (χ4n) is 2.03. The van der Waals surface area contributed by atoms with E-state index in [0.717, 1.165) is 12.8 Å². The molecule has 1 fully saturated rings. The highest BCUT2D eigenvalue weighted by molar-refractivity contribution is 7.89. The van der Waals surface area contributed by atoms with Crippen LogP contribution in [-0.2, 0) is 10.0 Å². The molecule has 1 unspecified atom stereocenters. The van der Waals surface area contributed by atoms with Crippen molar-refractivity contribution in [3.63, 3.8) is 0 Å². The number of nitrogens with zero attached hydrogens (tertiary/aromatic N) is 1. The molecule has 4 N–H and O–H groups in total. The van der Waals surface area contributed by atoms with E-state index in [2.05, 4.69) is 14.9 Å². The Hall–Kier alpha value is -0.630. The highest BCUT2D eigenvalue weighted by Crippen LogP contribution is 2.33. The lowest BCUT2D eigenvalue weighted by atomic mass is 10.2. The van der Waals surface area contributed by atoms with Crippen molar-refractivity contribution in [1.82, 2.24) is 14.9 Å². The van der Waals surface area contributed by atoms with Crippen molar-refractivity contribution in [3.8, 4) is 0 Å². The zero-order chi connectivity index (χ0) is 12.6. The summed E-state index contributed by atoms with van der Waals surface area (Å²) in [5.74, 6) is 0.391. The average Bonchev–Trinajstić information content (AvgIpc) is 3.02. The second-order valence-corrected chi connectivity index (χ2v) is 6.21. The lowest BCUT2D eigenvalue weighted by Crippen LogP contribution is -2.41. The van der Waals surface area contributed by atoms with Crippen molar-refractivity contribution in [2.45, 2.75) is 37.6 Å². The first kappa shape index (κ1) is 15.4. The fraction of sp³-hybridized carbons (Fsp3) is 0.700. The summed E-state index contributed by atoms with van der Waals surface area (Å²) >= 11 is 0. The predicted molar refractivity (Wildman–Crippen MR) is 71.2 cm³/mol. The van der Waals surface area contributed by atoms with Crippen LogP contribution in [0.2, 0.25) is 0 Å². The molecule has 1 aromatic rings. The molecule has 1 aromatic heterocycles. The molecule has 1 saturated carbocycles. The van der Waals surface area contributed by atoms with Crippen LogP contribution in [0.4, 0.5) is 0 Å². The van der Waals surface area contributed by atoms with Gasteiger partial charge in [0.05, 0.1) is 11.4 Å². The van der Waals surface area contributed by atoms with E-state index in [1.54, 1.807) is 13.8 Å². The summed E-state index contributed by atoms with van der Waals surface area (Å²) in [7, 11) is -3.52. The normalized spacial score (nSPS) is 17.3. The van der Waals surface area contributed by atoms with Gasteiger partial charge < -0.3 is 5.73 Å². The number of aromatic nitrogens is 2. The van der Waals surface area contributed by atoms with E-state index in [1.165, 1.54) is 0 Å². The van der Waals surface area contributed by atoms with Gasteiger partial charge in [-0.2, -0.15) is 5.10 Å². The molecule has 0 spiro atoms. The van der Waals surface area contributed by atoms with Gasteiger partial charge in [0.25, 0.3) is 0 Å². The molecule has 6 nitrogen and oxygen atoms in total. The summed E-state index contributed by atoms with van der Waals surface area (Å²) in [4.78, 5) is 0.247. The van der Waals surface area contributed by atoms with Crippen LogP contribution in [-0.4, -0.2) is 31.2 Å². The predicted octanol–water partition coefficient (Wildman–Crippen LogP) is 0.464. The smallest absolute Gasteiger partial charge is 0.244 e. The van der Waals surface area contributed by atoms with E-state index < -0.39 is 10.0 Å². The second kappa shape index (κ2) is 5.56. The fourth-order valence-corrected chi connectivity index (χ4v) is 3.72. The Morgan fingerprint density at radius 3 is 2.50 bits per heavy atom. The number of nitrogens with two attached hydrogens (primary N) is 1. The Labute approximate surface area is 113 Å². The van der Waals surface area contributed by atoms with Crippen LogP contribution < -0.4 is 10.5 Å². The number of aryl methyl sites for hydroxylation is 2. The van der Waals surface area contributed by atoms with Gasteiger partial charge in [0.15, 0.2) is 0 Å². The van der Waals surface area contributed by atoms with Crippen molar-refractivity contribution >= 4 is 22.4 Å². The molecular formula is C10H19ClN4O2S. The van der Waals surface area contributed by atoms with Gasteiger partial charge >= 0.3 is 0 Å². The first-order chi connectivity index (χ1) is 7.95. The number of rotatable bonds is 5. The number of aromatic amines is 1.